The number of ether oxygens (including phenoxy) is 1. The first kappa shape index (κ1) is 19.4. The molecular formula is C21H24N4O3S. The molecule has 0 spiro atoms. The van der Waals surface area contributed by atoms with Gasteiger partial charge in [-0.3, -0.25) is 4.79 Å². The fourth-order valence-corrected chi connectivity index (χ4v) is 4.28. The minimum atomic E-state index is -0.222. The molecule has 29 heavy (non-hydrogen) atoms. The molecule has 1 fully saturated rings. The minimum Gasteiger partial charge on any atom is -0.493 e. The van der Waals surface area contributed by atoms with Gasteiger partial charge >= 0.3 is 6.03 Å². The van der Waals surface area contributed by atoms with Crippen molar-refractivity contribution in [2.45, 2.75) is 45.1 Å². The molecule has 1 aromatic carbocycles. The van der Waals surface area contributed by atoms with E-state index in [1.807, 2.05) is 18.4 Å². The second kappa shape index (κ2) is 8.65. The number of aromatic nitrogens is 2. The number of urea groups is 1. The highest BCUT2D eigenvalue weighted by Gasteiger charge is 2.18. The summed E-state index contributed by atoms with van der Waals surface area (Å²) >= 11 is 1.36. The van der Waals surface area contributed by atoms with Crippen LogP contribution >= 0.6 is 11.3 Å². The highest BCUT2D eigenvalue weighted by molar-refractivity contribution is 7.17. The van der Waals surface area contributed by atoms with Crippen LogP contribution in [0, 0.1) is 0 Å². The highest BCUT2D eigenvalue weighted by atomic mass is 32.1. The van der Waals surface area contributed by atoms with E-state index < -0.39 is 0 Å². The van der Waals surface area contributed by atoms with Gasteiger partial charge in [-0.05, 0) is 48.9 Å². The second-order valence-corrected chi connectivity index (χ2v) is 8.10. The minimum absolute atomic E-state index is 0.182. The zero-order valence-corrected chi connectivity index (χ0v) is 17.1. The number of rotatable bonds is 6. The molecule has 152 valence electrons. The molecule has 4 rings (SSSR count). The van der Waals surface area contributed by atoms with Crippen molar-refractivity contribution in [3.63, 3.8) is 0 Å². The Balaban J connectivity index is 1.64. The maximum absolute atomic E-state index is 12.4. The molecule has 8 heteroatoms. The average molecular weight is 413 g/mol. The number of hydrogen-bond donors (Lipinski definition) is 3. The van der Waals surface area contributed by atoms with Crippen LogP contribution in [-0.2, 0) is 0 Å². The Hall–Kier alpha value is -2.87. The first-order valence-corrected chi connectivity index (χ1v) is 10.8. The van der Waals surface area contributed by atoms with Gasteiger partial charge in [-0.2, -0.15) is 0 Å². The maximum Gasteiger partial charge on any atom is 0.319 e. The van der Waals surface area contributed by atoms with E-state index in [-0.39, 0.29) is 17.6 Å². The predicted octanol–water partition coefficient (Wildman–Crippen LogP) is 4.50. The van der Waals surface area contributed by atoms with E-state index in [4.69, 9.17) is 4.74 Å². The molecule has 3 aromatic rings. The molecule has 1 aliphatic carbocycles. The number of benzene rings is 1. The summed E-state index contributed by atoms with van der Waals surface area (Å²) in [7, 11) is 0. The Morgan fingerprint density at radius 1 is 1.31 bits per heavy atom. The summed E-state index contributed by atoms with van der Waals surface area (Å²) in [6, 6.07) is 7.22. The summed E-state index contributed by atoms with van der Waals surface area (Å²) in [6.07, 6.45) is 5.21. The summed E-state index contributed by atoms with van der Waals surface area (Å²) in [5, 5.41) is 7.74. The summed E-state index contributed by atoms with van der Waals surface area (Å²) in [4.78, 5) is 32.2. The number of hydrogen-bond acceptors (Lipinski definition) is 5. The van der Waals surface area contributed by atoms with E-state index >= 15 is 0 Å². The third-order valence-electron chi connectivity index (χ3n) is 4.96. The SMILES string of the molecule is CCCOc1ccc(NC(=O)NC2CCCC2)cc1-c1nc2ccsc2c(=O)[nH]1. The van der Waals surface area contributed by atoms with E-state index in [1.165, 1.54) is 11.3 Å². The van der Waals surface area contributed by atoms with Crippen LogP contribution in [-0.4, -0.2) is 28.6 Å². The van der Waals surface area contributed by atoms with Crippen LogP contribution in [0.25, 0.3) is 21.6 Å². The number of nitrogens with one attached hydrogen (secondary N) is 3. The number of carbonyl (C=O) groups is 1. The van der Waals surface area contributed by atoms with Crippen LogP contribution in [0.2, 0.25) is 0 Å². The molecule has 1 saturated carbocycles. The lowest BCUT2D eigenvalue weighted by Crippen LogP contribution is -2.36. The maximum atomic E-state index is 12.4. The largest absolute Gasteiger partial charge is 0.493 e. The van der Waals surface area contributed by atoms with Gasteiger partial charge in [0.05, 0.1) is 17.7 Å². The first-order valence-electron chi connectivity index (χ1n) is 9.96. The highest BCUT2D eigenvalue weighted by Crippen LogP contribution is 2.31. The van der Waals surface area contributed by atoms with E-state index in [0.29, 0.717) is 39.6 Å². The van der Waals surface area contributed by atoms with Crippen molar-refractivity contribution in [3.8, 4) is 17.1 Å². The zero-order chi connectivity index (χ0) is 20.2. The number of carbonyl (C=O) groups excluding carboxylic acids is 1. The molecule has 2 heterocycles. The number of H-pyrrole nitrogens is 1. The van der Waals surface area contributed by atoms with E-state index in [0.717, 1.165) is 32.1 Å². The molecule has 0 atom stereocenters. The zero-order valence-electron chi connectivity index (χ0n) is 16.3. The molecule has 1 aliphatic rings. The van der Waals surface area contributed by atoms with E-state index in [1.54, 1.807) is 18.2 Å². The molecule has 0 unspecified atom stereocenters. The number of thiophene rings is 1. The molecule has 0 aliphatic heterocycles. The normalized spacial score (nSPS) is 14.2. The first-order chi connectivity index (χ1) is 14.1. The standard InChI is InChI=1S/C21H24N4O3S/c1-2-10-28-17-8-7-14(23-21(27)22-13-5-3-4-6-13)12-15(17)19-24-16-9-11-29-18(16)20(26)25-19/h7-9,11-13H,2-6,10H2,1H3,(H2,22,23,27)(H,24,25,26). The number of fused-ring (bicyclic) bond motifs is 1. The van der Waals surface area contributed by atoms with Gasteiger partial charge in [-0.1, -0.05) is 19.8 Å². The van der Waals surface area contributed by atoms with Crippen molar-refractivity contribution in [2.24, 2.45) is 0 Å². The van der Waals surface area contributed by atoms with E-state index in [2.05, 4.69) is 20.6 Å². The van der Waals surface area contributed by atoms with Crippen molar-refractivity contribution < 1.29 is 9.53 Å². The molecule has 0 saturated heterocycles. The molecule has 2 amide bonds. The Kier molecular flexibility index (Phi) is 5.80. The van der Waals surface area contributed by atoms with Crippen molar-refractivity contribution in [1.82, 2.24) is 15.3 Å². The van der Waals surface area contributed by atoms with Crippen LogP contribution in [0.5, 0.6) is 5.75 Å². The predicted molar refractivity (Wildman–Crippen MR) is 116 cm³/mol. The van der Waals surface area contributed by atoms with Gasteiger partial charge in [-0.25, -0.2) is 9.78 Å². The monoisotopic (exact) mass is 412 g/mol. The van der Waals surface area contributed by atoms with Crippen LogP contribution in [0.1, 0.15) is 39.0 Å². The molecule has 0 radical (unpaired) electrons. The third kappa shape index (κ3) is 4.42. The van der Waals surface area contributed by atoms with Crippen LogP contribution in [0.3, 0.4) is 0 Å². The topological polar surface area (TPSA) is 96.1 Å². The quantitative estimate of drug-likeness (QED) is 0.555. The van der Waals surface area contributed by atoms with Gasteiger partial charge < -0.3 is 20.4 Å². The Morgan fingerprint density at radius 2 is 2.14 bits per heavy atom. The van der Waals surface area contributed by atoms with Crippen molar-refractivity contribution >= 4 is 33.3 Å². The van der Waals surface area contributed by atoms with Gasteiger partial charge in [0.25, 0.3) is 5.56 Å². The summed E-state index contributed by atoms with van der Waals surface area (Å²) in [5.74, 6) is 1.04. The smallest absolute Gasteiger partial charge is 0.319 e. The lowest BCUT2D eigenvalue weighted by Gasteiger charge is -2.15. The van der Waals surface area contributed by atoms with Gasteiger partial charge in [0, 0.05) is 11.7 Å². The summed E-state index contributed by atoms with van der Waals surface area (Å²) in [5.41, 5.74) is 1.72. The van der Waals surface area contributed by atoms with Crippen molar-refractivity contribution in [3.05, 3.63) is 40.0 Å². The molecule has 0 bridgehead atoms. The van der Waals surface area contributed by atoms with Crippen molar-refractivity contribution in [2.75, 3.05) is 11.9 Å². The number of amides is 2. The van der Waals surface area contributed by atoms with Crippen LogP contribution in [0.4, 0.5) is 10.5 Å². The fourth-order valence-electron chi connectivity index (χ4n) is 3.55. The van der Waals surface area contributed by atoms with Crippen LogP contribution < -0.4 is 20.9 Å². The Labute approximate surface area is 172 Å². The van der Waals surface area contributed by atoms with Gasteiger partial charge in [-0.15, -0.1) is 11.3 Å². The summed E-state index contributed by atoms with van der Waals surface area (Å²) in [6.45, 7) is 2.58. The molecular weight excluding hydrogens is 388 g/mol. The van der Waals surface area contributed by atoms with Crippen LogP contribution in [0.15, 0.2) is 34.4 Å². The van der Waals surface area contributed by atoms with Gasteiger partial charge in [0.2, 0.25) is 0 Å². The number of nitrogens with zero attached hydrogens (tertiary/aromatic N) is 1. The lowest BCUT2D eigenvalue weighted by molar-refractivity contribution is 0.248. The number of aromatic amines is 1. The van der Waals surface area contributed by atoms with Gasteiger partial charge in [0.1, 0.15) is 16.3 Å². The average Bonchev–Trinajstić information content (AvgIpc) is 3.38. The molecule has 2 aromatic heterocycles. The molecule has 7 nitrogen and oxygen atoms in total. The van der Waals surface area contributed by atoms with Crippen molar-refractivity contribution in [1.29, 1.82) is 0 Å². The number of anilines is 1. The summed E-state index contributed by atoms with van der Waals surface area (Å²) < 4.78 is 6.45. The second-order valence-electron chi connectivity index (χ2n) is 7.19. The van der Waals surface area contributed by atoms with Gasteiger partial charge in [0.15, 0.2) is 0 Å². The lowest BCUT2D eigenvalue weighted by atomic mass is 10.1. The fraction of sp³-hybridized carbons (Fsp3) is 0.381. The molecule has 3 N–H and O–H groups in total. The Morgan fingerprint density at radius 3 is 2.93 bits per heavy atom. The van der Waals surface area contributed by atoms with E-state index in [9.17, 15) is 9.59 Å². The third-order valence-corrected chi connectivity index (χ3v) is 5.86. The Bertz CT molecular complexity index is 1070.